The second kappa shape index (κ2) is 2.83. The lowest BCUT2D eigenvalue weighted by atomic mass is 10.2. The maximum atomic E-state index is 3.38. The van der Waals surface area contributed by atoms with Crippen LogP contribution >= 0.6 is 31.9 Å². The summed E-state index contributed by atoms with van der Waals surface area (Å²) < 4.78 is 2.29. The Morgan fingerprint density at radius 3 is 2.62 bits per heavy atom. The van der Waals surface area contributed by atoms with Crippen molar-refractivity contribution in [1.82, 2.24) is 0 Å². The Bertz CT molecular complexity index is 145. The fourth-order valence-electron chi connectivity index (χ4n) is 0.456. The van der Waals surface area contributed by atoms with Crippen molar-refractivity contribution in [1.29, 1.82) is 0 Å². The van der Waals surface area contributed by atoms with E-state index in [0.717, 1.165) is 10.9 Å². The molecule has 0 saturated carbocycles. The summed E-state index contributed by atoms with van der Waals surface area (Å²) in [5.74, 6) is 0. The summed E-state index contributed by atoms with van der Waals surface area (Å²) in [5, 5.41) is 0. The highest BCUT2D eigenvalue weighted by atomic mass is 79.9. The van der Waals surface area contributed by atoms with E-state index >= 15 is 0 Å². The molecule has 42 valence electrons. The van der Waals surface area contributed by atoms with Gasteiger partial charge in [-0.25, -0.2) is 0 Å². The molecule has 0 unspecified atom stereocenters. The van der Waals surface area contributed by atoms with E-state index in [1.165, 1.54) is 4.48 Å². The van der Waals surface area contributed by atoms with Crippen molar-refractivity contribution < 1.29 is 0 Å². The van der Waals surface area contributed by atoms with Crippen LogP contribution in [0.25, 0.3) is 0 Å². The Labute approximate surface area is 65.9 Å². The van der Waals surface area contributed by atoms with Gasteiger partial charge >= 0.3 is 0 Å². The van der Waals surface area contributed by atoms with Crippen LogP contribution in [0.3, 0.4) is 0 Å². The second-order valence-corrected chi connectivity index (χ2v) is 3.28. The number of rotatable bonds is 0. The van der Waals surface area contributed by atoms with Crippen molar-refractivity contribution >= 4 is 31.9 Å². The highest BCUT2D eigenvalue weighted by Crippen LogP contribution is 2.26. The minimum Gasteiger partial charge on any atom is -0.0544 e. The normalized spacial score (nSPS) is 19.8. The number of allylic oxidation sites excluding steroid dienone is 4. The van der Waals surface area contributed by atoms with Gasteiger partial charge in [0.1, 0.15) is 0 Å². The lowest BCUT2D eigenvalue weighted by molar-refractivity contribution is 1.22. The van der Waals surface area contributed by atoms with Crippen LogP contribution in [-0.2, 0) is 0 Å². The topological polar surface area (TPSA) is 0 Å². The first-order valence-corrected chi connectivity index (χ1v) is 3.84. The van der Waals surface area contributed by atoms with E-state index in [1.54, 1.807) is 0 Å². The fourth-order valence-corrected chi connectivity index (χ4v) is 1.03. The van der Waals surface area contributed by atoms with Gasteiger partial charge in [0.15, 0.2) is 0 Å². The van der Waals surface area contributed by atoms with E-state index in [9.17, 15) is 0 Å². The van der Waals surface area contributed by atoms with Gasteiger partial charge in [-0.15, -0.1) is 0 Å². The van der Waals surface area contributed by atoms with E-state index in [4.69, 9.17) is 0 Å². The second-order valence-electron chi connectivity index (χ2n) is 1.47. The molecule has 1 aliphatic carbocycles. The summed E-state index contributed by atoms with van der Waals surface area (Å²) in [6.45, 7) is 0. The van der Waals surface area contributed by atoms with Crippen molar-refractivity contribution in [3.05, 3.63) is 27.5 Å². The predicted octanol–water partition coefficient (Wildman–Crippen LogP) is 2.96. The Balaban J connectivity index is 2.76. The average Bonchev–Trinajstić information content (AvgIpc) is 1.77. The monoisotopic (exact) mass is 234 g/mol. The molecule has 0 spiro atoms. The minimum absolute atomic E-state index is 0.955. The molecule has 8 heavy (non-hydrogen) atoms. The molecule has 0 aromatic carbocycles. The third kappa shape index (κ3) is 1.46. The van der Waals surface area contributed by atoms with Gasteiger partial charge in [-0.3, -0.25) is 0 Å². The Morgan fingerprint density at radius 2 is 2.25 bits per heavy atom. The van der Waals surface area contributed by atoms with Gasteiger partial charge in [0.2, 0.25) is 0 Å². The smallest absolute Gasteiger partial charge is 0.0279 e. The first-order valence-electron chi connectivity index (χ1n) is 2.26. The third-order valence-corrected chi connectivity index (χ3v) is 2.86. The van der Waals surface area contributed by atoms with Gasteiger partial charge in [-0.2, -0.15) is 0 Å². The zero-order valence-corrected chi connectivity index (χ0v) is 7.29. The zero-order chi connectivity index (χ0) is 5.98. The molecule has 0 atom stereocenters. The van der Waals surface area contributed by atoms with Crippen LogP contribution in [0, 0.1) is 12.5 Å². The van der Waals surface area contributed by atoms with E-state index in [0.29, 0.717) is 0 Å². The largest absolute Gasteiger partial charge is 0.0544 e. The molecule has 1 rings (SSSR count). The van der Waals surface area contributed by atoms with Crippen molar-refractivity contribution in [3.63, 3.8) is 0 Å². The van der Waals surface area contributed by atoms with E-state index in [2.05, 4.69) is 37.9 Å². The molecule has 0 saturated heterocycles. The molecule has 0 aliphatic heterocycles. The van der Waals surface area contributed by atoms with E-state index in [-0.39, 0.29) is 0 Å². The average molecular weight is 236 g/mol. The highest BCUT2D eigenvalue weighted by molar-refractivity contribution is 9.14. The molecule has 0 fully saturated rings. The van der Waals surface area contributed by atoms with Gasteiger partial charge in [0, 0.05) is 8.96 Å². The van der Waals surface area contributed by atoms with Gasteiger partial charge in [-0.05, 0) is 40.9 Å². The Kier molecular flexibility index (Phi) is 2.32. The maximum absolute atomic E-state index is 3.38. The summed E-state index contributed by atoms with van der Waals surface area (Å²) in [4.78, 5) is 0. The van der Waals surface area contributed by atoms with Gasteiger partial charge in [-0.1, -0.05) is 15.9 Å². The highest BCUT2D eigenvalue weighted by Gasteiger charge is 2.00. The molecule has 0 N–H and O–H groups in total. The van der Waals surface area contributed by atoms with E-state index in [1.807, 2.05) is 12.5 Å². The van der Waals surface area contributed by atoms with Crippen molar-refractivity contribution in [3.8, 4) is 0 Å². The SMILES string of the molecule is BrC1=C(Br)C[CH][C]=C1. The number of hydrogen-bond acceptors (Lipinski definition) is 0. The molecule has 2 radical (unpaired) electrons. The quantitative estimate of drug-likeness (QED) is 0.606. The standard InChI is InChI=1S/C6H4Br2/c7-5-3-1-2-4-6(5)8/h1,4H,3H2. The van der Waals surface area contributed by atoms with Crippen LogP contribution in [0.4, 0.5) is 0 Å². The molecule has 2 heteroatoms. The summed E-state index contributed by atoms with van der Waals surface area (Å²) in [6.07, 6.45) is 7.81. The molecule has 0 aromatic heterocycles. The summed E-state index contributed by atoms with van der Waals surface area (Å²) in [7, 11) is 0. The number of halogens is 2. The van der Waals surface area contributed by atoms with Gasteiger partial charge < -0.3 is 0 Å². The molecule has 0 heterocycles. The van der Waals surface area contributed by atoms with Crippen LogP contribution in [0.15, 0.2) is 15.0 Å². The van der Waals surface area contributed by atoms with Crippen LogP contribution < -0.4 is 0 Å². The Morgan fingerprint density at radius 1 is 1.50 bits per heavy atom. The van der Waals surface area contributed by atoms with Crippen LogP contribution in [-0.4, -0.2) is 0 Å². The lowest BCUT2D eigenvalue weighted by Crippen LogP contribution is -1.82. The summed E-state index contributed by atoms with van der Waals surface area (Å²) >= 11 is 6.73. The molecule has 1 aliphatic rings. The third-order valence-electron chi connectivity index (χ3n) is 0.868. The van der Waals surface area contributed by atoms with Crippen LogP contribution in [0.2, 0.25) is 0 Å². The molecule has 0 bridgehead atoms. The van der Waals surface area contributed by atoms with Crippen molar-refractivity contribution in [2.75, 3.05) is 0 Å². The maximum Gasteiger partial charge on any atom is 0.0279 e. The van der Waals surface area contributed by atoms with Gasteiger partial charge in [0.25, 0.3) is 0 Å². The summed E-state index contributed by atoms with van der Waals surface area (Å²) in [6, 6.07) is 0. The Hall–Kier alpha value is 0.440. The minimum atomic E-state index is 0.955. The fraction of sp³-hybridized carbons (Fsp3) is 0.167. The lowest BCUT2D eigenvalue weighted by Gasteiger charge is -2.01. The molecule has 0 amide bonds. The molecule has 0 aromatic rings. The summed E-state index contributed by atoms with van der Waals surface area (Å²) in [5.41, 5.74) is 0. The molecule has 0 nitrogen and oxygen atoms in total. The van der Waals surface area contributed by atoms with Crippen molar-refractivity contribution in [2.45, 2.75) is 6.42 Å². The van der Waals surface area contributed by atoms with E-state index < -0.39 is 0 Å². The van der Waals surface area contributed by atoms with Crippen LogP contribution in [0.1, 0.15) is 6.42 Å². The molecular weight excluding hydrogens is 232 g/mol. The van der Waals surface area contributed by atoms with Crippen LogP contribution in [0.5, 0.6) is 0 Å². The molecular formula is C6H4Br2. The number of hydrogen-bond donors (Lipinski definition) is 0. The van der Waals surface area contributed by atoms with Gasteiger partial charge in [0.05, 0.1) is 0 Å². The zero-order valence-electron chi connectivity index (χ0n) is 4.12. The van der Waals surface area contributed by atoms with Crippen molar-refractivity contribution in [2.24, 2.45) is 0 Å². The predicted molar refractivity (Wildman–Crippen MR) is 41.6 cm³/mol. The first kappa shape index (κ1) is 6.56. The first-order chi connectivity index (χ1) is 3.80.